The maximum absolute atomic E-state index is 12.0. The standard InChI is InChI=1S/C13H22N2O3/c1-11-3-7-14(8-4-11)12(16)5-9-15-6-2-10-18-13(15)17/h11H,2-10H2,1H3. The van der Waals surface area contributed by atoms with Gasteiger partial charge in [-0.15, -0.1) is 0 Å². The summed E-state index contributed by atoms with van der Waals surface area (Å²) in [5.41, 5.74) is 0. The quantitative estimate of drug-likeness (QED) is 0.766. The Morgan fingerprint density at radius 3 is 2.72 bits per heavy atom. The molecule has 0 unspecified atom stereocenters. The number of hydrogen-bond donors (Lipinski definition) is 0. The summed E-state index contributed by atoms with van der Waals surface area (Å²) in [4.78, 5) is 27.0. The van der Waals surface area contributed by atoms with Crippen molar-refractivity contribution in [1.29, 1.82) is 0 Å². The van der Waals surface area contributed by atoms with E-state index in [1.165, 1.54) is 0 Å². The lowest BCUT2D eigenvalue weighted by Gasteiger charge is -2.31. The van der Waals surface area contributed by atoms with Gasteiger partial charge >= 0.3 is 6.09 Å². The number of rotatable bonds is 3. The molecule has 0 aromatic rings. The third kappa shape index (κ3) is 3.37. The van der Waals surface area contributed by atoms with Crippen molar-refractivity contribution in [3.8, 4) is 0 Å². The molecule has 5 heteroatoms. The minimum atomic E-state index is -0.277. The largest absolute Gasteiger partial charge is 0.449 e. The number of nitrogens with zero attached hydrogens (tertiary/aromatic N) is 2. The molecule has 2 aliphatic heterocycles. The van der Waals surface area contributed by atoms with E-state index >= 15 is 0 Å². The Balaban J connectivity index is 1.72. The Hall–Kier alpha value is -1.26. The molecule has 2 rings (SSSR count). The topological polar surface area (TPSA) is 49.9 Å². The molecule has 0 bridgehead atoms. The number of ether oxygens (including phenoxy) is 1. The Kier molecular flexibility index (Phi) is 4.44. The van der Waals surface area contributed by atoms with Crippen LogP contribution in [0.4, 0.5) is 4.79 Å². The molecule has 2 heterocycles. The first kappa shape index (κ1) is 13.2. The molecule has 0 aromatic heterocycles. The zero-order valence-electron chi connectivity index (χ0n) is 11.1. The van der Waals surface area contributed by atoms with Crippen LogP contribution in [0.1, 0.15) is 32.6 Å². The summed E-state index contributed by atoms with van der Waals surface area (Å²) >= 11 is 0. The highest BCUT2D eigenvalue weighted by molar-refractivity contribution is 5.77. The van der Waals surface area contributed by atoms with Gasteiger partial charge in [0.2, 0.25) is 5.91 Å². The van der Waals surface area contributed by atoms with Crippen LogP contribution in [0.25, 0.3) is 0 Å². The summed E-state index contributed by atoms with van der Waals surface area (Å²) in [7, 11) is 0. The average Bonchev–Trinajstić information content (AvgIpc) is 2.38. The van der Waals surface area contributed by atoms with Gasteiger partial charge in [0.25, 0.3) is 0 Å². The summed E-state index contributed by atoms with van der Waals surface area (Å²) in [5, 5.41) is 0. The smallest absolute Gasteiger partial charge is 0.409 e. The molecule has 102 valence electrons. The Morgan fingerprint density at radius 2 is 2.06 bits per heavy atom. The number of likely N-dealkylation sites (tertiary alicyclic amines) is 1. The van der Waals surface area contributed by atoms with E-state index in [0.717, 1.165) is 38.3 Å². The lowest BCUT2D eigenvalue weighted by atomic mass is 9.99. The second kappa shape index (κ2) is 6.07. The molecule has 2 aliphatic rings. The van der Waals surface area contributed by atoms with Crippen LogP contribution in [-0.4, -0.2) is 54.6 Å². The zero-order valence-corrected chi connectivity index (χ0v) is 11.1. The van der Waals surface area contributed by atoms with Gasteiger partial charge < -0.3 is 14.5 Å². The molecular formula is C13H22N2O3. The first-order valence-corrected chi connectivity index (χ1v) is 6.86. The van der Waals surface area contributed by atoms with E-state index in [-0.39, 0.29) is 12.0 Å². The van der Waals surface area contributed by atoms with E-state index in [4.69, 9.17) is 4.74 Å². The van der Waals surface area contributed by atoms with Gasteiger partial charge in [-0.05, 0) is 25.2 Å². The predicted octanol–water partition coefficient (Wildman–Crippen LogP) is 1.48. The van der Waals surface area contributed by atoms with Gasteiger partial charge in [0.1, 0.15) is 0 Å². The number of hydrogen-bond acceptors (Lipinski definition) is 3. The maximum atomic E-state index is 12.0. The SMILES string of the molecule is CC1CCN(C(=O)CCN2CCCOC2=O)CC1. The van der Waals surface area contributed by atoms with Crippen LogP contribution in [0.2, 0.25) is 0 Å². The van der Waals surface area contributed by atoms with Crippen LogP contribution in [0.3, 0.4) is 0 Å². The van der Waals surface area contributed by atoms with Gasteiger partial charge in [0.05, 0.1) is 6.61 Å². The van der Waals surface area contributed by atoms with Crippen molar-refractivity contribution in [3.63, 3.8) is 0 Å². The van der Waals surface area contributed by atoms with E-state index in [1.807, 2.05) is 4.90 Å². The molecule has 0 N–H and O–H groups in total. The van der Waals surface area contributed by atoms with Crippen molar-refractivity contribution < 1.29 is 14.3 Å². The highest BCUT2D eigenvalue weighted by Gasteiger charge is 2.23. The van der Waals surface area contributed by atoms with E-state index in [2.05, 4.69) is 6.92 Å². The van der Waals surface area contributed by atoms with E-state index in [0.29, 0.717) is 26.1 Å². The van der Waals surface area contributed by atoms with E-state index in [9.17, 15) is 9.59 Å². The minimum absolute atomic E-state index is 0.167. The Morgan fingerprint density at radius 1 is 1.33 bits per heavy atom. The summed E-state index contributed by atoms with van der Waals surface area (Å²) in [6.07, 6.45) is 3.20. The van der Waals surface area contributed by atoms with Crippen molar-refractivity contribution in [2.75, 3.05) is 32.8 Å². The molecule has 0 atom stereocenters. The summed E-state index contributed by atoms with van der Waals surface area (Å²) in [6.45, 7) is 5.67. The average molecular weight is 254 g/mol. The summed E-state index contributed by atoms with van der Waals surface area (Å²) < 4.78 is 4.94. The van der Waals surface area contributed by atoms with Gasteiger partial charge in [-0.2, -0.15) is 0 Å². The number of cyclic esters (lactones) is 1. The molecule has 18 heavy (non-hydrogen) atoms. The van der Waals surface area contributed by atoms with Crippen LogP contribution < -0.4 is 0 Å². The first-order chi connectivity index (χ1) is 8.66. The second-order valence-electron chi connectivity index (χ2n) is 5.27. The molecule has 0 aromatic carbocycles. The third-order valence-corrected chi connectivity index (χ3v) is 3.79. The minimum Gasteiger partial charge on any atom is -0.449 e. The van der Waals surface area contributed by atoms with Crippen molar-refractivity contribution in [2.24, 2.45) is 5.92 Å². The van der Waals surface area contributed by atoms with Crippen molar-refractivity contribution in [1.82, 2.24) is 9.80 Å². The molecule has 2 fully saturated rings. The van der Waals surface area contributed by atoms with Gasteiger partial charge in [-0.25, -0.2) is 4.79 Å². The zero-order chi connectivity index (χ0) is 13.0. The number of piperidine rings is 1. The number of carbonyl (C=O) groups excluding carboxylic acids is 2. The van der Waals surface area contributed by atoms with Gasteiger partial charge in [0.15, 0.2) is 0 Å². The summed E-state index contributed by atoms with van der Waals surface area (Å²) in [5.74, 6) is 0.895. The van der Waals surface area contributed by atoms with Crippen molar-refractivity contribution in [2.45, 2.75) is 32.6 Å². The lowest BCUT2D eigenvalue weighted by molar-refractivity contribution is -0.132. The fraction of sp³-hybridized carbons (Fsp3) is 0.846. The van der Waals surface area contributed by atoms with E-state index in [1.54, 1.807) is 4.90 Å². The van der Waals surface area contributed by atoms with Crippen molar-refractivity contribution in [3.05, 3.63) is 0 Å². The van der Waals surface area contributed by atoms with Crippen LogP contribution in [0.15, 0.2) is 0 Å². The molecule has 0 radical (unpaired) electrons. The van der Waals surface area contributed by atoms with Crippen LogP contribution in [0, 0.1) is 5.92 Å². The predicted molar refractivity (Wildman–Crippen MR) is 67.1 cm³/mol. The Bertz CT molecular complexity index is 311. The lowest BCUT2D eigenvalue weighted by Crippen LogP contribution is -2.42. The Labute approximate surface area is 108 Å². The summed E-state index contributed by atoms with van der Waals surface area (Å²) in [6, 6.07) is 0. The molecule has 5 nitrogen and oxygen atoms in total. The molecule has 0 saturated carbocycles. The molecular weight excluding hydrogens is 232 g/mol. The molecule has 2 saturated heterocycles. The first-order valence-electron chi connectivity index (χ1n) is 6.86. The van der Waals surface area contributed by atoms with Crippen LogP contribution >= 0.6 is 0 Å². The molecule has 0 spiro atoms. The monoisotopic (exact) mass is 254 g/mol. The maximum Gasteiger partial charge on any atom is 0.409 e. The second-order valence-corrected chi connectivity index (χ2v) is 5.27. The number of carbonyl (C=O) groups is 2. The van der Waals surface area contributed by atoms with E-state index < -0.39 is 0 Å². The third-order valence-electron chi connectivity index (χ3n) is 3.79. The molecule has 0 aliphatic carbocycles. The van der Waals surface area contributed by atoms with Crippen molar-refractivity contribution >= 4 is 12.0 Å². The van der Waals surface area contributed by atoms with Gasteiger partial charge in [0, 0.05) is 32.6 Å². The highest BCUT2D eigenvalue weighted by atomic mass is 16.6. The van der Waals surface area contributed by atoms with Gasteiger partial charge in [-0.3, -0.25) is 4.79 Å². The van der Waals surface area contributed by atoms with Gasteiger partial charge in [-0.1, -0.05) is 6.92 Å². The molecule has 2 amide bonds. The number of amides is 2. The fourth-order valence-corrected chi connectivity index (χ4v) is 2.45. The highest BCUT2D eigenvalue weighted by Crippen LogP contribution is 2.16. The van der Waals surface area contributed by atoms with Crippen LogP contribution in [0.5, 0.6) is 0 Å². The normalized spacial score (nSPS) is 21.9. The van der Waals surface area contributed by atoms with Crippen LogP contribution in [-0.2, 0) is 9.53 Å². The fourth-order valence-electron chi connectivity index (χ4n) is 2.45.